The molecule has 1 heterocycles. The number of nitrogens with zero attached hydrogens (tertiary/aromatic N) is 2. The fourth-order valence-electron chi connectivity index (χ4n) is 2.24. The maximum absolute atomic E-state index is 11.9. The molecule has 0 atom stereocenters. The van der Waals surface area contributed by atoms with Crippen molar-refractivity contribution in [3.8, 4) is 0 Å². The molecule has 116 valence electrons. The van der Waals surface area contributed by atoms with Gasteiger partial charge >= 0.3 is 5.97 Å². The first-order valence-corrected chi connectivity index (χ1v) is 7.07. The van der Waals surface area contributed by atoms with Gasteiger partial charge in [-0.15, -0.1) is 0 Å². The Bertz CT molecular complexity index is 870. The van der Waals surface area contributed by atoms with Gasteiger partial charge in [-0.1, -0.05) is 30.3 Å². The molecule has 1 aromatic heterocycles. The van der Waals surface area contributed by atoms with Crippen molar-refractivity contribution < 1.29 is 14.3 Å². The molecule has 0 saturated heterocycles. The molecule has 3 aromatic rings. The van der Waals surface area contributed by atoms with Gasteiger partial charge in [0, 0.05) is 18.9 Å². The summed E-state index contributed by atoms with van der Waals surface area (Å²) < 4.78 is 6.37. The summed E-state index contributed by atoms with van der Waals surface area (Å²) in [5.74, 6) is -0.977. The molecule has 6 heteroatoms. The SMILES string of the molecule is Cn1nccc1C(=O)OCC(=O)Nc1ccc2ccccc2c1. The molecule has 23 heavy (non-hydrogen) atoms. The second-order valence-electron chi connectivity index (χ2n) is 5.03. The van der Waals surface area contributed by atoms with Crippen molar-refractivity contribution in [2.45, 2.75) is 0 Å². The predicted molar refractivity (Wildman–Crippen MR) is 86.1 cm³/mol. The highest BCUT2D eigenvalue weighted by Crippen LogP contribution is 2.18. The fourth-order valence-corrected chi connectivity index (χ4v) is 2.24. The number of hydrogen-bond donors (Lipinski definition) is 1. The lowest BCUT2D eigenvalue weighted by molar-refractivity contribution is -0.119. The zero-order valence-electron chi connectivity index (χ0n) is 12.5. The maximum atomic E-state index is 11.9. The molecule has 2 aromatic carbocycles. The van der Waals surface area contributed by atoms with Crippen molar-refractivity contribution in [1.29, 1.82) is 0 Å². The van der Waals surface area contributed by atoms with Crippen LogP contribution in [0.15, 0.2) is 54.7 Å². The van der Waals surface area contributed by atoms with Crippen LogP contribution in [0.25, 0.3) is 10.8 Å². The fraction of sp³-hybridized carbons (Fsp3) is 0.118. The minimum Gasteiger partial charge on any atom is -0.451 e. The number of carbonyl (C=O) groups is 2. The smallest absolute Gasteiger partial charge is 0.357 e. The van der Waals surface area contributed by atoms with Crippen LogP contribution in [-0.2, 0) is 16.6 Å². The monoisotopic (exact) mass is 309 g/mol. The van der Waals surface area contributed by atoms with E-state index >= 15 is 0 Å². The van der Waals surface area contributed by atoms with E-state index in [4.69, 9.17) is 4.74 Å². The van der Waals surface area contributed by atoms with Crippen molar-refractivity contribution >= 4 is 28.3 Å². The quantitative estimate of drug-likeness (QED) is 0.751. The van der Waals surface area contributed by atoms with Crippen molar-refractivity contribution in [2.75, 3.05) is 11.9 Å². The van der Waals surface area contributed by atoms with Gasteiger partial charge < -0.3 is 10.1 Å². The van der Waals surface area contributed by atoms with Gasteiger partial charge in [0.25, 0.3) is 5.91 Å². The molecule has 0 fully saturated rings. The second-order valence-corrected chi connectivity index (χ2v) is 5.03. The summed E-state index contributed by atoms with van der Waals surface area (Å²) in [6.07, 6.45) is 1.49. The van der Waals surface area contributed by atoms with Crippen LogP contribution in [0, 0.1) is 0 Å². The molecule has 3 rings (SSSR count). The van der Waals surface area contributed by atoms with Crippen LogP contribution < -0.4 is 5.32 Å². The Hall–Kier alpha value is -3.15. The van der Waals surface area contributed by atoms with Gasteiger partial charge in [-0.3, -0.25) is 9.48 Å². The van der Waals surface area contributed by atoms with E-state index in [1.807, 2.05) is 42.5 Å². The third kappa shape index (κ3) is 3.37. The molecule has 6 nitrogen and oxygen atoms in total. The first-order valence-electron chi connectivity index (χ1n) is 7.07. The van der Waals surface area contributed by atoms with Crippen molar-refractivity contribution in [2.24, 2.45) is 7.05 Å². The zero-order valence-corrected chi connectivity index (χ0v) is 12.5. The molecule has 0 aliphatic heterocycles. The number of nitrogens with one attached hydrogen (secondary N) is 1. The molecule has 0 aliphatic carbocycles. The number of anilines is 1. The Morgan fingerprint density at radius 3 is 2.65 bits per heavy atom. The Labute approximate surface area is 132 Å². The van der Waals surface area contributed by atoms with Crippen LogP contribution in [0.3, 0.4) is 0 Å². The van der Waals surface area contributed by atoms with E-state index in [0.717, 1.165) is 10.8 Å². The lowest BCUT2D eigenvalue weighted by Gasteiger charge is -2.07. The highest BCUT2D eigenvalue weighted by molar-refractivity contribution is 5.96. The Kier molecular flexibility index (Phi) is 4.05. The van der Waals surface area contributed by atoms with E-state index in [2.05, 4.69) is 10.4 Å². The van der Waals surface area contributed by atoms with Crippen molar-refractivity contribution in [3.63, 3.8) is 0 Å². The number of aromatic nitrogens is 2. The van der Waals surface area contributed by atoms with Crippen LogP contribution >= 0.6 is 0 Å². The molecule has 0 saturated carbocycles. The molecule has 0 aliphatic rings. The topological polar surface area (TPSA) is 73.2 Å². The summed E-state index contributed by atoms with van der Waals surface area (Å²) in [7, 11) is 1.63. The molecular formula is C17H15N3O3. The Morgan fingerprint density at radius 1 is 1.13 bits per heavy atom. The van der Waals surface area contributed by atoms with E-state index in [-0.39, 0.29) is 6.61 Å². The Balaban J connectivity index is 1.60. The van der Waals surface area contributed by atoms with Gasteiger partial charge in [-0.25, -0.2) is 4.79 Å². The third-order valence-electron chi connectivity index (χ3n) is 3.40. The standard InChI is InChI=1S/C17H15N3O3/c1-20-15(8-9-18-20)17(22)23-11-16(21)19-14-7-6-12-4-2-3-5-13(12)10-14/h2-10H,11H2,1H3,(H,19,21). The molecule has 0 bridgehead atoms. The van der Waals surface area contributed by atoms with Gasteiger partial charge in [-0.2, -0.15) is 5.10 Å². The molecule has 0 radical (unpaired) electrons. The van der Waals surface area contributed by atoms with Crippen LogP contribution in [0.4, 0.5) is 5.69 Å². The number of rotatable bonds is 4. The second kappa shape index (κ2) is 6.31. The van der Waals surface area contributed by atoms with Gasteiger partial charge in [0.05, 0.1) is 0 Å². The molecule has 0 spiro atoms. The van der Waals surface area contributed by atoms with E-state index in [0.29, 0.717) is 11.4 Å². The van der Waals surface area contributed by atoms with Crippen molar-refractivity contribution in [1.82, 2.24) is 9.78 Å². The minimum absolute atomic E-state index is 0.295. The van der Waals surface area contributed by atoms with Crippen LogP contribution in [0.5, 0.6) is 0 Å². The lowest BCUT2D eigenvalue weighted by Crippen LogP contribution is -2.21. The lowest BCUT2D eigenvalue weighted by atomic mass is 10.1. The van der Waals surface area contributed by atoms with E-state index in [9.17, 15) is 9.59 Å². The van der Waals surface area contributed by atoms with E-state index in [1.54, 1.807) is 7.05 Å². The predicted octanol–water partition coefficient (Wildman–Crippen LogP) is 2.37. The minimum atomic E-state index is -0.585. The number of amides is 1. The number of ether oxygens (including phenoxy) is 1. The maximum Gasteiger partial charge on any atom is 0.357 e. The highest BCUT2D eigenvalue weighted by atomic mass is 16.5. The number of esters is 1. The molecule has 1 amide bonds. The largest absolute Gasteiger partial charge is 0.451 e. The summed E-state index contributed by atoms with van der Waals surface area (Å²) in [6, 6.07) is 15.0. The normalized spacial score (nSPS) is 10.5. The number of carbonyl (C=O) groups excluding carboxylic acids is 2. The zero-order chi connectivity index (χ0) is 16.2. The van der Waals surface area contributed by atoms with Crippen molar-refractivity contribution in [3.05, 3.63) is 60.4 Å². The van der Waals surface area contributed by atoms with Gasteiger partial charge in [0.1, 0.15) is 5.69 Å². The van der Waals surface area contributed by atoms with Gasteiger partial charge in [0.15, 0.2) is 6.61 Å². The average molecular weight is 309 g/mol. The van der Waals surface area contributed by atoms with Crippen LogP contribution in [0.2, 0.25) is 0 Å². The van der Waals surface area contributed by atoms with E-state index in [1.165, 1.54) is 16.9 Å². The molecular weight excluding hydrogens is 294 g/mol. The van der Waals surface area contributed by atoms with Gasteiger partial charge in [-0.05, 0) is 29.0 Å². The van der Waals surface area contributed by atoms with E-state index < -0.39 is 11.9 Å². The summed E-state index contributed by atoms with van der Waals surface area (Å²) in [5.41, 5.74) is 0.953. The summed E-state index contributed by atoms with van der Waals surface area (Å²) >= 11 is 0. The number of hydrogen-bond acceptors (Lipinski definition) is 4. The summed E-state index contributed by atoms with van der Waals surface area (Å²) in [6.45, 7) is -0.350. The molecule has 0 unspecified atom stereocenters. The van der Waals surface area contributed by atoms with Gasteiger partial charge in [0.2, 0.25) is 0 Å². The third-order valence-corrected chi connectivity index (χ3v) is 3.40. The molecule has 1 N–H and O–H groups in total. The summed E-state index contributed by atoms with van der Waals surface area (Å²) in [5, 5.41) is 8.70. The van der Waals surface area contributed by atoms with Crippen LogP contribution in [0.1, 0.15) is 10.5 Å². The Morgan fingerprint density at radius 2 is 1.91 bits per heavy atom. The number of aryl methyl sites for hydroxylation is 1. The van der Waals surface area contributed by atoms with Crippen LogP contribution in [-0.4, -0.2) is 28.3 Å². The first-order chi connectivity index (χ1) is 11.1. The number of fused-ring (bicyclic) bond motifs is 1. The average Bonchev–Trinajstić information content (AvgIpc) is 2.98. The first kappa shape index (κ1) is 14.8. The number of benzene rings is 2. The summed E-state index contributed by atoms with van der Waals surface area (Å²) in [4.78, 5) is 23.7. The highest BCUT2D eigenvalue weighted by Gasteiger charge is 2.13.